The Bertz CT molecular complexity index is 769. The van der Waals surface area contributed by atoms with Crippen molar-refractivity contribution in [2.45, 2.75) is 20.3 Å². The number of carbonyl (C=O) groups excluding carboxylic acids is 2. The second kappa shape index (κ2) is 6.74. The molecule has 0 saturated carbocycles. The molecule has 1 N–H and O–H groups in total. The number of ether oxygens (including phenoxy) is 1. The van der Waals surface area contributed by atoms with Gasteiger partial charge in [-0.1, -0.05) is 0 Å². The zero-order valence-corrected chi connectivity index (χ0v) is 13.8. The van der Waals surface area contributed by atoms with Crippen molar-refractivity contribution < 1.29 is 14.3 Å². The Morgan fingerprint density at radius 3 is 2.50 bits per heavy atom. The monoisotopic (exact) mass is 324 g/mol. The van der Waals surface area contributed by atoms with Gasteiger partial charge in [0.2, 0.25) is 5.91 Å². The van der Waals surface area contributed by atoms with E-state index in [2.05, 4.69) is 11.4 Å². The molecule has 0 aromatic heterocycles. The molecule has 0 bridgehead atoms. The van der Waals surface area contributed by atoms with Gasteiger partial charge in [0.1, 0.15) is 0 Å². The van der Waals surface area contributed by atoms with Crippen molar-refractivity contribution in [1.82, 2.24) is 0 Å². The third-order valence-electron chi connectivity index (χ3n) is 4.04. The minimum atomic E-state index is -0.314. The number of esters is 1. The van der Waals surface area contributed by atoms with E-state index in [0.717, 1.165) is 30.0 Å². The van der Waals surface area contributed by atoms with Crippen LogP contribution >= 0.6 is 0 Å². The van der Waals surface area contributed by atoms with Crippen molar-refractivity contribution in [3.05, 3.63) is 53.6 Å². The second-order valence-corrected chi connectivity index (χ2v) is 5.69. The number of nitrogens with one attached hydrogen (secondary N) is 1. The van der Waals surface area contributed by atoms with E-state index in [1.807, 2.05) is 24.3 Å². The molecule has 1 amide bonds. The lowest BCUT2D eigenvalue weighted by molar-refractivity contribution is -0.116. The first-order chi connectivity index (χ1) is 11.6. The first-order valence-electron chi connectivity index (χ1n) is 8.03. The van der Waals surface area contributed by atoms with Gasteiger partial charge in [-0.25, -0.2) is 4.79 Å². The maximum atomic E-state index is 11.7. The minimum absolute atomic E-state index is 0.0732. The van der Waals surface area contributed by atoms with Crippen LogP contribution in [0.5, 0.6) is 0 Å². The lowest BCUT2D eigenvalue weighted by Gasteiger charge is -2.15. The topological polar surface area (TPSA) is 58.6 Å². The van der Waals surface area contributed by atoms with Gasteiger partial charge in [0.15, 0.2) is 0 Å². The molecule has 0 atom stereocenters. The number of hydrogen-bond donors (Lipinski definition) is 1. The van der Waals surface area contributed by atoms with Gasteiger partial charge in [-0.05, 0) is 61.4 Å². The fourth-order valence-electron chi connectivity index (χ4n) is 2.88. The van der Waals surface area contributed by atoms with E-state index in [4.69, 9.17) is 4.74 Å². The highest BCUT2D eigenvalue weighted by atomic mass is 16.5. The summed E-state index contributed by atoms with van der Waals surface area (Å²) in [4.78, 5) is 25.0. The van der Waals surface area contributed by atoms with Crippen molar-refractivity contribution in [2.75, 3.05) is 23.4 Å². The number of hydrogen-bond acceptors (Lipinski definition) is 4. The molecule has 0 unspecified atom stereocenters. The molecule has 2 aromatic carbocycles. The predicted molar refractivity (Wildman–Crippen MR) is 93.9 cm³/mol. The molecule has 1 aliphatic heterocycles. The van der Waals surface area contributed by atoms with Crippen molar-refractivity contribution in [1.29, 1.82) is 0 Å². The smallest absolute Gasteiger partial charge is 0.338 e. The van der Waals surface area contributed by atoms with Gasteiger partial charge in [-0.15, -0.1) is 0 Å². The van der Waals surface area contributed by atoms with Crippen LogP contribution < -0.4 is 10.2 Å². The third-order valence-corrected chi connectivity index (χ3v) is 4.04. The van der Waals surface area contributed by atoms with E-state index < -0.39 is 0 Å². The summed E-state index contributed by atoms with van der Waals surface area (Å²) in [5.74, 6) is -0.241. The Morgan fingerprint density at radius 2 is 1.83 bits per heavy atom. The lowest BCUT2D eigenvalue weighted by Crippen LogP contribution is -2.25. The van der Waals surface area contributed by atoms with E-state index in [0.29, 0.717) is 12.2 Å². The van der Waals surface area contributed by atoms with Crippen molar-refractivity contribution >= 4 is 28.9 Å². The highest BCUT2D eigenvalue weighted by Crippen LogP contribution is 2.31. The van der Waals surface area contributed by atoms with Crippen molar-refractivity contribution in [3.8, 4) is 0 Å². The number of nitrogens with zero attached hydrogens (tertiary/aromatic N) is 1. The lowest BCUT2D eigenvalue weighted by atomic mass is 10.1. The number of carbonyl (C=O) groups is 2. The molecular formula is C19H20N2O3. The average Bonchev–Trinajstić information content (AvgIpc) is 2.99. The SMILES string of the molecule is CCOC(=O)c1ccc(Nc2ccc3c(c2)CCN3C(C)=O)cc1. The zero-order valence-electron chi connectivity index (χ0n) is 13.8. The number of rotatable bonds is 4. The number of benzene rings is 2. The van der Waals surface area contributed by atoms with Gasteiger partial charge in [-0.2, -0.15) is 0 Å². The van der Waals surface area contributed by atoms with Gasteiger partial charge in [0.05, 0.1) is 12.2 Å². The molecule has 3 rings (SSSR count). The molecule has 0 saturated heterocycles. The fourth-order valence-corrected chi connectivity index (χ4v) is 2.88. The summed E-state index contributed by atoms with van der Waals surface area (Å²) in [6.07, 6.45) is 0.867. The van der Waals surface area contributed by atoms with Crippen molar-refractivity contribution in [3.63, 3.8) is 0 Å². The number of anilines is 3. The molecule has 0 spiro atoms. The van der Waals surface area contributed by atoms with Crippen LogP contribution in [0.25, 0.3) is 0 Å². The molecule has 124 valence electrons. The van der Waals surface area contributed by atoms with Crippen LogP contribution in [0.1, 0.15) is 29.8 Å². The number of amides is 1. The van der Waals surface area contributed by atoms with Gasteiger partial charge >= 0.3 is 5.97 Å². The summed E-state index contributed by atoms with van der Waals surface area (Å²) in [6, 6.07) is 13.2. The average molecular weight is 324 g/mol. The Hall–Kier alpha value is -2.82. The quantitative estimate of drug-likeness (QED) is 0.874. The molecule has 1 aliphatic rings. The minimum Gasteiger partial charge on any atom is -0.462 e. The van der Waals surface area contributed by atoms with E-state index in [-0.39, 0.29) is 11.9 Å². The second-order valence-electron chi connectivity index (χ2n) is 5.69. The largest absolute Gasteiger partial charge is 0.462 e. The first kappa shape index (κ1) is 16.1. The first-order valence-corrected chi connectivity index (χ1v) is 8.03. The molecule has 0 fully saturated rings. The number of fused-ring (bicyclic) bond motifs is 1. The molecule has 24 heavy (non-hydrogen) atoms. The van der Waals surface area contributed by atoms with Crippen LogP contribution in [0, 0.1) is 0 Å². The summed E-state index contributed by atoms with van der Waals surface area (Å²) in [7, 11) is 0. The molecule has 1 heterocycles. The van der Waals surface area contributed by atoms with Crippen LogP contribution in [-0.4, -0.2) is 25.0 Å². The van der Waals surface area contributed by atoms with Crippen molar-refractivity contribution in [2.24, 2.45) is 0 Å². The standard InChI is InChI=1S/C19H20N2O3/c1-3-24-19(23)14-4-6-16(7-5-14)20-17-8-9-18-15(12-17)10-11-21(18)13(2)22/h4-9,12,20H,3,10-11H2,1-2H3. The Labute approximate surface area is 141 Å². The predicted octanol–water partition coefficient (Wildman–Crippen LogP) is 3.52. The molecule has 5 heteroatoms. The summed E-state index contributed by atoms with van der Waals surface area (Å²) in [5, 5.41) is 3.32. The van der Waals surface area contributed by atoms with Gasteiger partial charge in [-0.3, -0.25) is 4.79 Å². The summed E-state index contributed by atoms with van der Waals surface area (Å²) >= 11 is 0. The Morgan fingerprint density at radius 1 is 1.12 bits per heavy atom. The van der Waals surface area contributed by atoms with Crippen LogP contribution in [0.2, 0.25) is 0 Å². The van der Waals surface area contributed by atoms with Gasteiger partial charge in [0, 0.05) is 30.5 Å². The van der Waals surface area contributed by atoms with E-state index in [9.17, 15) is 9.59 Å². The maximum Gasteiger partial charge on any atom is 0.338 e. The fraction of sp³-hybridized carbons (Fsp3) is 0.263. The van der Waals surface area contributed by atoms with E-state index in [1.165, 1.54) is 5.56 Å². The highest BCUT2D eigenvalue weighted by Gasteiger charge is 2.22. The van der Waals surface area contributed by atoms with E-state index in [1.54, 1.807) is 30.9 Å². The maximum absolute atomic E-state index is 11.7. The Kier molecular flexibility index (Phi) is 4.51. The van der Waals surface area contributed by atoms with Gasteiger partial charge in [0.25, 0.3) is 0 Å². The van der Waals surface area contributed by atoms with Crippen LogP contribution in [0.3, 0.4) is 0 Å². The highest BCUT2D eigenvalue weighted by molar-refractivity contribution is 5.94. The van der Waals surface area contributed by atoms with Gasteiger partial charge < -0.3 is 15.0 Å². The molecule has 0 aliphatic carbocycles. The summed E-state index contributed by atoms with van der Waals surface area (Å²) < 4.78 is 4.97. The summed E-state index contributed by atoms with van der Waals surface area (Å²) in [6.45, 7) is 4.48. The van der Waals surface area contributed by atoms with Crippen LogP contribution in [-0.2, 0) is 16.0 Å². The normalized spacial score (nSPS) is 12.7. The molecule has 0 radical (unpaired) electrons. The Balaban J connectivity index is 1.73. The third kappa shape index (κ3) is 3.25. The van der Waals surface area contributed by atoms with E-state index >= 15 is 0 Å². The molecular weight excluding hydrogens is 304 g/mol. The molecule has 2 aromatic rings. The van der Waals surface area contributed by atoms with Crippen LogP contribution in [0.15, 0.2) is 42.5 Å². The van der Waals surface area contributed by atoms with Crippen LogP contribution in [0.4, 0.5) is 17.1 Å². The zero-order chi connectivity index (χ0) is 17.1. The molecule has 5 nitrogen and oxygen atoms in total. The summed E-state index contributed by atoms with van der Waals surface area (Å²) in [5.41, 5.74) is 4.55.